The first-order valence-corrected chi connectivity index (χ1v) is 12.9. The summed E-state index contributed by atoms with van der Waals surface area (Å²) in [5.41, 5.74) is 2.16. The molecule has 2 aliphatic carbocycles. The second kappa shape index (κ2) is 7.95. The van der Waals surface area contributed by atoms with Crippen LogP contribution in [0.15, 0.2) is 59.7 Å². The summed E-state index contributed by atoms with van der Waals surface area (Å²) in [5.74, 6) is 0.670. The number of carbonyl (C=O) groups excluding carboxylic acids is 2. The van der Waals surface area contributed by atoms with Crippen molar-refractivity contribution in [3.05, 3.63) is 66.1 Å². The average molecular weight is 483 g/mol. The normalized spacial score (nSPS) is 22.5. The van der Waals surface area contributed by atoms with Crippen LogP contribution in [0.25, 0.3) is 22.0 Å². The Balaban J connectivity index is 1.15. The molecule has 3 heterocycles. The molecule has 1 atom stereocenters. The molecule has 2 amide bonds. The molecular formula is C29H27FN4O2. The van der Waals surface area contributed by atoms with Crippen molar-refractivity contribution in [2.75, 3.05) is 19.6 Å². The summed E-state index contributed by atoms with van der Waals surface area (Å²) in [5, 5.41) is 1.03. The number of hydrogen-bond acceptors (Lipinski definition) is 4. The maximum Gasteiger partial charge on any atom is 0.256 e. The number of pyridine rings is 1. The van der Waals surface area contributed by atoms with E-state index in [1.807, 2.05) is 41.3 Å². The number of amidine groups is 1. The summed E-state index contributed by atoms with van der Waals surface area (Å²) in [6.45, 7) is 1.88. The molecule has 0 N–H and O–H groups in total. The number of carbonyl (C=O) groups is 2. The highest BCUT2D eigenvalue weighted by atomic mass is 19.1. The Bertz CT molecular complexity index is 1440. The van der Waals surface area contributed by atoms with E-state index in [-0.39, 0.29) is 29.5 Å². The molecule has 0 unspecified atom stereocenters. The van der Waals surface area contributed by atoms with E-state index in [9.17, 15) is 9.59 Å². The number of likely N-dealkylation sites (tertiary alicyclic amines) is 1. The zero-order chi connectivity index (χ0) is 24.4. The Labute approximate surface area is 208 Å². The number of amides is 2. The van der Waals surface area contributed by atoms with Crippen LogP contribution in [0.4, 0.5) is 4.39 Å². The molecular weight excluding hydrogens is 455 g/mol. The van der Waals surface area contributed by atoms with E-state index in [2.05, 4.69) is 4.98 Å². The quantitative estimate of drug-likeness (QED) is 0.541. The molecule has 2 saturated carbocycles. The van der Waals surface area contributed by atoms with Gasteiger partial charge in [0.05, 0.1) is 11.1 Å². The first-order chi connectivity index (χ1) is 17.5. The van der Waals surface area contributed by atoms with Crippen LogP contribution in [-0.4, -0.2) is 57.6 Å². The second-order valence-electron chi connectivity index (χ2n) is 10.7. The Kier molecular flexibility index (Phi) is 4.78. The minimum Gasteiger partial charge on any atom is -0.342 e. The average Bonchev–Trinajstić information content (AvgIpc) is 3.82. The lowest BCUT2D eigenvalue weighted by atomic mass is 10.0. The van der Waals surface area contributed by atoms with Crippen LogP contribution >= 0.6 is 0 Å². The maximum atomic E-state index is 15.6. The van der Waals surface area contributed by atoms with E-state index in [0.29, 0.717) is 37.3 Å². The van der Waals surface area contributed by atoms with E-state index in [0.717, 1.165) is 47.8 Å². The lowest BCUT2D eigenvalue weighted by Crippen LogP contribution is -2.41. The number of nitrogens with zero attached hydrogens (tertiary/aromatic N) is 4. The standard InChI is InChI=1S/C29H27FN4O2/c30-24-14-21(22-6-3-19-2-1-12-31-25(19)15-22)7-8-23(24)26-32-29(10-11-29)28(36)34(26)17-18-9-13-33(16-18)27(35)20-4-5-20/h1-3,6-8,12,14-15,18,20H,4-5,9-11,13,16-17H2/t18-/m1/s1. The first kappa shape index (κ1) is 21.7. The molecule has 1 spiro atoms. The highest BCUT2D eigenvalue weighted by molar-refractivity contribution is 6.16. The smallest absolute Gasteiger partial charge is 0.256 e. The fourth-order valence-electron chi connectivity index (χ4n) is 5.63. The molecule has 1 saturated heterocycles. The van der Waals surface area contributed by atoms with Gasteiger partial charge in [-0.2, -0.15) is 0 Å². The summed E-state index contributed by atoms with van der Waals surface area (Å²) in [7, 11) is 0. The molecule has 6 nitrogen and oxygen atoms in total. The van der Waals surface area contributed by atoms with E-state index in [4.69, 9.17) is 4.99 Å². The number of hydrogen-bond donors (Lipinski definition) is 0. The van der Waals surface area contributed by atoms with Gasteiger partial charge in [0.2, 0.25) is 5.91 Å². The van der Waals surface area contributed by atoms with E-state index < -0.39 is 5.54 Å². The van der Waals surface area contributed by atoms with Crippen molar-refractivity contribution in [2.24, 2.45) is 16.8 Å². The van der Waals surface area contributed by atoms with Crippen molar-refractivity contribution in [3.63, 3.8) is 0 Å². The fraction of sp³-hybridized carbons (Fsp3) is 0.379. The Morgan fingerprint density at radius 1 is 1.06 bits per heavy atom. The molecule has 3 aromatic rings. The Hall–Kier alpha value is -3.61. The van der Waals surface area contributed by atoms with Crippen molar-refractivity contribution in [1.29, 1.82) is 0 Å². The number of aliphatic imine (C=N–C) groups is 1. The van der Waals surface area contributed by atoms with Gasteiger partial charge in [-0.25, -0.2) is 4.39 Å². The molecule has 4 aliphatic rings. The maximum absolute atomic E-state index is 15.6. The predicted molar refractivity (Wildman–Crippen MR) is 135 cm³/mol. The Morgan fingerprint density at radius 3 is 2.64 bits per heavy atom. The monoisotopic (exact) mass is 482 g/mol. The molecule has 1 aromatic heterocycles. The lowest BCUT2D eigenvalue weighted by molar-refractivity contribution is -0.131. The number of benzene rings is 2. The van der Waals surface area contributed by atoms with Gasteiger partial charge in [0.1, 0.15) is 17.2 Å². The molecule has 3 fully saturated rings. The zero-order valence-electron chi connectivity index (χ0n) is 20.0. The van der Waals surface area contributed by atoms with Gasteiger partial charge in [-0.3, -0.25) is 24.5 Å². The number of fused-ring (bicyclic) bond motifs is 1. The largest absolute Gasteiger partial charge is 0.342 e. The van der Waals surface area contributed by atoms with Crippen LogP contribution in [0.5, 0.6) is 0 Å². The molecule has 7 heteroatoms. The number of rotatable bonds is 5. The van der Waals surface area contributed by atoms with Crippen molar-refractivity contribution in [1.82, 2.24) is 14.8 Å². The summed E-state index contributed by atoms with van der Waals surface area (Å²) in [4.78, 5) is 38.6. The Morgan fingerprint density at radius 2 is 1.86 bits per heavy atom. The van der Waals surface area contributed by atoms with Gasteiger partial charge in [-0.15, -0.1) is 0 Å². The third-order valence-electron chi connectivity index (χ3n) is 8.06. The lowest BCUT2D eigenvalue weighted by Gasteiger charge is -2.24. The van der Waals surface area contributed by atoms with Crippen molar-refractivity contribution in [3.8, 4) is 11.1 Å². The van der Waals surface area contributed by atoms with E-state index >= 15 is 4.39 Å². The van der Waals surface area contributed by atoms with Gasteiger partial charge in [0.25, 0.3) is 5.91 Å². The molecule has 0 bridgehead atoms. The highest BCUT2D eigenvalue weighted by Gasteiger charge is 2.58. The molecule has 36 heavy (non-hydrogen) atoms. The van der Waals surface area contributed by atoms with Gasteiger partial charge in [0.15, 0.2) is 0 Å². The predicted octanol–water partition coefficient (Wildman–Crippen LogP) is 4.42. The van der Waals surface area contributed by atoms with E-state index in [1.165, 1.54) is 6.07 Å². The van der Waals surface area contributed by atoms with Crippen LogP contribution in [0.2, 0.25) is 0 Å². The van der Waals surface area contributed by atoms with Crippen LogP contribution in [0, 0.1) is 17.7 Å². The highest BCUT2D eigenvalue weighted by Crippen LogP contribution is 2.46. The first-order valence-electron chi connectivity index (χ1n) is 12.9. The molecule has 0 radical (unpaired) electrons. The summed E-state index contributed by atoms with van der Waals surface area (Å²) in [6.07, 6.45) is 6.03. The van der Waals surface area contributed by atoms with Gasteiger partial charge in [-0.05, 0) is 73.4 Å². The van der Waals surface area contributed by atoms with Gasteiger partial charge in [-0.1, -0.05) is 24.3 Å². The second-order valence-corrected chi connectivity index (χ2v) is 10.7. The third-order valence-corrected chi connectivity index (χ3v) is 8.06. The molecule has 182 valence electrons. The third kappa shape index (κ3) is 3.60. The fourth-order valence-corrected chi connectivity index (χ4v) is 5.63. The topological polar surface area (TPSA) is 65.9 Å². The van der Waals surface area contributed by atoms with Gasteiger partial charge in [0, 0.05) is 37.1 Å². The number of halogens is 1. The minimum atomic E-state index is -0.702. The van der Waals surface area contributed by atoms with Crippen LogP contribution in [-0.2, 0) is 9.59 Å². The summed E-state index contributed by atoms with van der Waals surface area (Å²) in [6, 6.07) is 15.0. The minimum absolute atomic E-state index is 0.0199. The van der Waals surface area contributed by atoms with Crippen molar-refractivity contribution < 1.29 is 14.0 Å². The van der Waals surface area contributed by atoms with E-state index in [1.54, 1.807) is 17.2 Å². The zero-order valence-corrected chi connectivity index (χ0v) is 20.0. The SMILES string of the molecule is O=C(C1CC1)N1CC[C@@H](CN2C(=O)C3(CC3)N=C2c2ccc(-c3ccc4cccnc4c3)cc2F)C1. The summed E-state index contributed by atoms with van der Waals surface area (Å²) < 4.78 is 15.6. The van der Waals surface area contributed by atoms with Gasteiger partial charge >= 0.3 is 0 Å². The van der Waals surface area contributed by atoms with Crippen LogP contribution < -0.4 is 0 Å². The van der Waals surface area contributed by atoms with Crippen molar-refractivity contribution in [2.45, 2.75) is 37.6 Å². The molecule has 2 aliphatic heterocycles. The molecule has 7 rings (SSSR count). The summed E-state index contributed by atoms with van der Waals surface area (Å²) >= 11 is 0. The van der Waals surface area contributed by atoms with Crippen LogP contribution in [0.3, 0.4) is 0 Å². The van der Waals surface area contributed by atoms with Gasteiger partial charge < -0.3 is 4.90 Å². The van der Waals surface area contributed by atoms with Crippen molar-refractivity contribution >= 4 is 28.6 Å². The number of aromatic nitrogens is 1. The van der Waals surface area contributed by atoms with Crippen LogP contribution in [0.1, 0.15) is 37.7 Å². The molecule has 2 aromatic carbocycles.